The second kappa shape index (κ2) is 5.87. The first-order valence-electron chi connectivity index (χ1n) is 4.79. The van der Waals surface area contributed by atoms with Gasteiger partial charge in [-0.05, 0) is 24.0 Å². The second-order valence-electron chi connectivity index (χ2n) is 4.52. The Hall–Kier alpha value is 0.310. The maximum absolute atomic E-state index is 5.95. The zero-order chi connectivity index (χ0) is 9.61. The molecule has 0 rings (SSSR count). The predicted molar refractivity (Wildman–Crippen MR) is 59.7 cm³/mol. The van der Waals surface area contributed by atoms with E-state index in [0.29, 0.717) is 11.5 Å². The molecule has 0 spiro atoms. The molecular weight excluding hydrogens is 166 g/mol. The summed E-state index contributed by atoms with van der Waals surface area (Å²) in [7, 11) is 0. The first-order chi connectivity index (χ1) is 5.45. The van der Waals surface area contributed by atoms with Crippen LogP contribution >= 0.6 is 11.8 Å². The van der Waals surface area contributed by atoms with E-state index in [1.54, 1.807) is 0 Å². The molecule has 0 saturated carbocycles. The Kier molecular flexibility index (Phi) is 6.02. The summed E-state index contributed by atoms with van der Waals surface area (Å²) in [5.41, 5.74) is 6.39. The van der Waals surface area contributed by atoms with E-state index < -0.39 is 0 Å². The lowest BCUT2D eigenvalue weighted by Crippen LogP contribution is -2.24. The van der Waals surface area contributed by atoms with Crippen LogP contribution < -0.4 is 5.73 Å². The molecule has 0 aromatic rings. The fourth-order valence-electron chi connectivity index (χ4n) is 0.971. The minimum absolute atomic E-state index is 0.397. The molecule has 1 atom stereocenters. The summed E-state index contributed by atoms with van der Waals surface area (Å²) in [6.07, 6.45) is 2.40. The molecule has 0 saturated heterocycles. The van der Waals surface area contributed by atoms with E-state index >= 15 is 0 Å². The lowest BCUT2D eigenvalue weighted by Gasteiger charge is -2.20. The summed E-state index contributed by atoms with van der Waals surface area (Å²) in [6.45, 7) is 8.99. The smallest absolute Gasteiger partial charge is 0.0130 e. The molecule has 74 valence electrons. The number of hydrogen-bond acceptors (Lipinski definition) is 2. The van der Waals surface area contributed by atoms with Crippen molar-refractivity contribution in [2.24, 2.45) is 11.1 Å². The van der Waals surface area contributed by atoms with Crippen molar-refractivity contribution in [3.05, 3.63) is 0 Å². The number of thioether (sulfide) groups is 1. The summed E-state index contributed by atoms with van der Waals surface area (Å²) in [6, 6.07) is 0.397. The van der Waals surface area contributed by atoms with Crippen molar-refractivity contribution in [3.63, 3.8) is 0 Å². The normalized spacial score (nSPS) is 14.8. The average molecular weight is 189 g/mol. The Morgan fingerprint density at radius 1 is 1.33 bits per heavy atom. The van der Waals surface area contributed by atoms with Crippen LogP contribution in [0, 0.1) is 5.41 Å². The third-order valence-electron chi connectivity index (χ3n) is 1.80. The van der Waals surface area contributed by atoms with Crippen molar-refractivity contribution in [2.75, 3.05) is 11.5 Å². The third kappa shape index (κ3) is 8.41. The Morgan fingerprint density at radius 3 is 2.33 bits per heavy atom. The van der Waals surface area contributed by atoms with Crippen molar-refractivity contribution < 1.29 is 0 Å². The van der Waals surface area contributed by atoms with Crippen molar-refractivity contribution >= 4 is 11.8 Å². The van der Waals surface area contributed by atoms with Gasteiger partial charge in [0.1, 0.15) is 0 Å². The summed E-state index contributed by atoms with van der Waals surface area (Å²) < 4.78 is 0. The molecule has 1 unspecified atom stereocenters. The summed E-state index contributed by atoms with van der Waals surface area (Å²) >= 11 is 1.94. The molecule has 0 radical (unpaired) electrons. The standard InChI is InChI=1S/C10H23NS/c1-5-12-8-9(11)6-7-10(2,3)4/h9H,5-8,11H2,1-4H3. The van der Waals surface area contributed by atoms with Crippen LogP contribution in [0.4, 0.5) is 0 Å². The molecule has 0 heterocycles. The molecule has 0 fully saturated rings. The highest BCUT2D eigenvalue weighted by Crippen LogP contribution is 2.21. The van der Waals surface area contributed by atoms with Gasteiger partial charge in [0.05, 0.1) is 0 Å². The van der Waals surface area contributed by atoms with Crippen LogP contribution in [0.2, 0.25) is 0 Å². The van der Waals surface area contributed by atoms with Crippen LogP contribution in [0.25, 0.3) is 0 Å². The fourth-order valence-corrected chi connectivity index (χ4v) is 1.68. The van der Waals surface area contributed by atoms with Gasteiger partial charge in [-0.1, -0.05) is 27.7 Å². The largest absolute Gasteiger partial charge is 0.327 e. The van der Waals surface area contributed by atoms with Gasteiger partial charge >= 0.3 is 0 Å². The van der Waals surface area contributed by atoms with E-state index in [-0.39, 0.29) is 0 Å². The SMILES string of the molecule is CCSCC(N)CCC(C)(C)C. The lowest BCUT2D eigenvalue weighted by molar-refractivity contribution is 0.353. The molecular formula is C10H23NS. The van der Waals surface area contributed by atoms with Crippen molar-refractivity contribution in [2.45, 2.75) is 46.6 Å². The van der Waals surface area contributed by atoms with Gasteiger partial charge in [-0.2, -0.15) is 11.8 Å². The first-order valence-corrected chi connectivity index (χ1v) is 5.94. The quantitative estimate of drug-likeness (QED) is 0.719. The highest BCUT2D eigenvalue weighted by molar-refractivity contribution is 7.99. The molecule has 2 heteroatoms. The van der Waals surface area contributed by atoms with E-state index in [1.807, 2.05) is 11.8 Å². The van der Waals surface area contributed by atoms with Crippen LogP contribution in [0.5, 0.6) is 0 Å². The molecule has 1 nitrogen and oxygen atoms in total. The molecule has 12 heavy (non-hydrogen) atoms. The van der Waals surface area contributed by atoms with Crippen molar-refractivity contribution in [1.82, 2.24) is 0 Å². The fraction of sp³-hybridized carbons (Fsp3) is 1.00. The van der Waals surface area contributed by atoms with Crippen LogP contribution in [-0.4, -0.2) is 17.5 Å². The second-order valence-corrected chi connectivity index (χ2v) is 5.84. The Balaban J connectivity index is 3.37. The molecule has 2 N–H and O–H groups in total. The van der Waals surface area contributed by atoms with Gasteiger partial charge in [-0.3, -0.25) is 0 Å². The minimum atomic E-state index is 0.397. The molecule has 0 aliphatic heterocycles. The number of rotatable bonds is 5. The molecule has 0 aliphatic carbocycles. The Labute approximate surface area is 81.5 Å². The zero-order valence-electron chi connectivity index (χ0n) is 8.89. The van der Waals surface area contributed by atoms with Gasteiger partial charge in [-0.25, -0.2) is 0 Å². The highest BCUT2D eigenvalue weighted by atomic mass is 32.2. The first kappa shape index (κ1) is 12.3. The highest BCUT2D eigenvalue weighted by Gasteiger charge is 2.12. The van der Waals surface area contributed by atoms with Gasteiger partial charge in [0, 0.05) is 11.8 Å². The molecule has 0 aromatic heterocycles. The van der Waals surface area contributed by atoms with Gasteiger partial charge in [0.25, 0.3) is 0 Å². The summed E-state index contributed by atoms with van der Waals surface area (Å²) in [5, 5.41) is 0. The average Bonchev–Trinajstić information content (AvgIpc) is 1.95. The van der Waals surface area contributed by atoms with Crippen LogP contribution in [0.15, 0.2) is 0 Å². The van der Waals surface area contributed by atoms with Crippen LogP contribution in [-0.2, 0) is 0 Å². The topological polar surface area (TPSA) is 26.0 Å². The van der Waals surface area contributed by atoms with Crippen LogP contribution in [0.1, 0.15) is 40.5 Å². The van der Waals surface area contributed by atoms with Gasteiger partial charge in [0.15, 0.2) is 0 Å². The van der Waals surface area contributed by atoms with Crippen LogP contribution in [0.3, 0.4) is 0 Å². The minimum Gasteiger partial charge on any atom is -0.327 e. The van der Waals surface area contributed by atoms with E-state index in [2.05, 4.69) is 27.7 Å². The molecule has 0 aliphatic rings. The van der Waals surface area contributed by atoms with E-state index in [9.17, 15) is 0 Å². The van der Waals surface area contributed by atoms with E-state index in [1.165, 1.54) is 12.2 Å². The zero-order valence-corrected chi connectivity index (χ0v) is 9.71. The number of nitrogens with two attached hydrogens (primary N) is 1. The maximum atomic E-state index is 5.95. The van der Waals surface area contributed by atoms with Gasteiger partial charge in [0.2, 0.25) is 0 Å². The summed E-state index contributed by atoms with van der Waals surface area (Å²) in [4.78, 5) is 0. The maximum Gasteiger partial charge on any atom is 0.0130 e. The summed E-state index contributed by atoms with van der Waals surface area (Å²) in [5.74, 6) is 2.30. The van der Waals surface area contributed by atoms with Crippen molar-refractivity contribution in [1.29, 1.82) is 0 Å². The Bertz CT molecular complexity index is 107. The molecule has 0 aromatic carbocycles. The molecule has 0 amide bonds. The van der Waals surface area contributed by atoms with Crippen molar-refractivity contribution in [3.8, 4) is 0 Å². The predicted octanol–water partition coefficient (Wildman–Crippen LogP) is 2.89. The van der Waals surface area contributed by atoms with Gasteiger partial charge < -0.3 is 5.73 Å². The Morgan fingerprint density at radius 2 is 1.92 bits per heavy atom. The monoisotopic (exact) mass is 189 g/mol. The van der Waals surface area contributed by atoms with E-state index in [0.717, 1.165) is 12.2 Å². The van der Waals surface area contributed by atoms with E-state index in [4.69, 9.17) is 5.73 Å². The molecule has 0 bridgehead atoms. The lowest BCUT2D eigenvalue weighted by atomic mass is 9.89. The van der Waals surface area contributed by atoms with Gasteiger partial charge in [-0.15, -0.1) is 0 Å². The third-order valence-corrected chi connectivity index (χ3v) is 2.87. The number of hydrogen-bond donors (Lipinski definition) is 1.